The second kappa shape index (κ2) is 5.81. The Kier molecular flexibility index (Phi) is 4.54. The van der Waals surface area contributed by atoms with Crippen molar-refractivity contribution in [2.45, 2.75) is 51.7 Å². The van der Waals surface area contributed by atoms with E-state index in [0.29, 0.717) is 6.42 Å². The average Bonchev–Trinajstić information content (AvgIpc) is 2.70. The van der Waals surface area contributed by atoms with Crippen molar-refractivity contribution in [1.29, 1.82) is 0 Å². The molecule has 0 spiro atoms. The molecule has 108 valence electrons. The van der Waals surface area contributed by atoms with E-state index in [9.17, 15) is 5.11 Å². The van der Waals surface area contributed by atoms with Crippen LogP contribution in [0.5, 0.6) is 0 Å². The van der Waals surface area contributed by atoms with Crippen LogP contribution in [-0.2, 0) is 19.4 Å². The van der Waals surface area contributed by atoms with Crippen LogP contribution in [0.3, 0.4) is 0 Å². The third-order valence-electron chi connectivity index (χ3n) is 4.11. The topological polar surface area (TPSA) is 41.3 Å². The Balaban J connectivity index is 2.20. The molecule has 0 unspecified atom stereocenters. The van der Waals surface area contributed by atoms with E-state index in [0.717, 1.165) is 55.3 Å². The van der Waals surface area contributed by atoms with Gasteiger partial charge >= 0.3 is 0 Å². The van der Waals surface area contributed by atoms with Crippen molar-refractivity contribution in [1.82, 2.24) is 14.7 Å². The number of aromatic nitrogens is 2. The molecule has 0 atom stereocenters. The van der Waals surface area contributed by atoms with Crippen LogP contribution in [0.4, 0.5) is 0 Å². The van der Waals surface area contributed by atoms with Gasteiger partial charge in [0, 0.05) is 26.1 Å². The molecule has 19 heavy (non-hydrogen) atoms. The smallest absolute Gasteiger partial charge is 0.0850 e. The zero-order valence-electron chi connectivity index (χ0n) is 12.1. The lowest BCUT2D eigenvalue weighted by molar-refractivity contribution is -0.0164. The van der Waals surface area contributed by atoms with Gasteiger partial charge in [0.25, 0.3) is 0 Å². The minimum absolute atomic E-state index is 0.612. The first-order valence-corrected chi connectivity index (χ1v) is 7.52. The van der Waals surface area contributed by atoms with Crippen LogP contribution in [0.25, 0.3) is 0 Å². The lowest BCUT2D eigenvalue weighted by Crippen LogP contribution is -2.44. The Labute approximate surface area is 120 Å². The van der Waals surface area contributed by atoms with E-state index in [4.69, 9.17) is 11.6 Å². The predicted molar refractivity (Wildman–Crippen MR) is 77.7 cm³/mol. The van der Waals surface area contributed by atoms with E-state index in [2.05, 4.69) is 30.9 Å². The quantitative estimate of drug-likeness (QED) is 0.921. The maximum atomic E-state index is 10.7. The Morgan fingerprint density at radius 3 is 2.47 bits per heavy atom. The van der Waals surface area contributed by atoms with E-state index in [1.807, 2.05) is 4.68 Å². The molecule has 2 rings (SSSR count). The number of hydrogen-bond acceptors (Lipinski definition) is 3. The van der Waals surface area contributed by atoms with Gasteiger partial charge in [-0.1, -0.05) is 18.5 Å². The van der Waals surface area contributed by atoms with Crippen LogP contribution >= 0.6 is 11.6 Å². The summed E-state index contributed by atoms with van der Waals surface area (Å²) in [6, 6.07) is 0. The van der Waals surface area contributed by atoms with Gasteiger partial charge in [-0.05, 0) is 33.2 Å². The maximum absolute atomic E-state index is 10.7. The molecule has 0 radical (unpaired) electrons. The molecule has 0 aliphatic carbocycles. The lowest BCUT2D eigenvalue weighted by atomic mass is 9.87. The third kappa shape index (κ3) is 3.12. The number of aryl methyl sites for hydroxylation is 2. The molecule has 0 saturated carbocycles. The number of hydrogen-bond donors (Lipinski definition) is 1. The minimum atomic E-state index is -0.631. The zero-order valence-corrected chi connectivity index (χ0v) is 12.9. The molecule has 4 nitrogen and oxygen atoms in total. The fourth-order valence-corrected chi connectivity index (χ4v) is 3.05. The van der Waals surface area contributed by atoms with Gasteiger partial charge in [0.1, 0.15) is 0 Å². The van der Waals surface area contributed by atoms with Crippen LogP contribution in [0, 0.1) is 0 Å². The average molecular weight is 286 g/mol. The van der Waals surface area contributed by atoms with Crippen molar-refractivity contribution in [3.05, 3.63) is 16.4 Å². The SMILES string of the molecule is CCc1nn(CC)c(CC2(O)CCN(C)CC2)c1Cl. The second-order valence-corrected chi connectivity index (χ2v) is 5.96. The van der Waals surface area contributed by atoms with Gasteiger partial charge in [0.15, 0.2) is 0 Å². The molecule has 1 aromatic rings. The standard InChI is InChI=1S/C14H24ClN3O/c1-4-11-13(15)12(18(5-2)16-11)10-14(19)6-8-17(3)9-7-14/h19H,4-10H2,1-3H3. The Morgan fingerprint density at radius 1 is 1.32 bits per heavy atom. The van der Waals surface area contributed by atoms with E-state index < -0.39 is 5.60 Å². The highest BCUT2D eigenvalue weighted by atomic mass is 35.5. The summed E-state index contributed by atoms with van der Waals surface area (Å²) in [6.45, 7) is 6.79. The molecule has 5 heteroatoms. The molecule has 2 heterocycles. The summed E-state index contributed by atoms with van der Waals surface area (Å²) < 4.78 is 1.94. The zero-order chi connectivity index (χ0) is 14.0. The molecule has 1 aliphatic heterocycles. The summed E-state index contributed by atoms with van der Waals surface area (Å²) in [4.78, 5) is 2.25. The highest BCUT2D eigenvalue weighted by Gasteiger charge is 2.33. The van der Waals surface area contributed by atoms with Crippen LogP contribution < -0.4 is 0 Å². The van der Waals surface area contributed by atoms with Gasteiger partial charge in [-0.2, -0.15) is 5.10 Å². The van der Waals surface area contributed by atoms with Gasteiger partial charge in [0.2, 0.25) is 0 Å². The molecular weight excluding hydrogens is 262 g/mol. The number of halogens is 1. The van der Waals surface area contributed by atoms with Crippen LogP contribution in [0.2, 0.25) is 5.02 Å². The first kappa shape index (κ1) is 14.8. The van der Waals surface area contributed by atoms with Gasteiger partial charge in [-0.25, -0.2) is 0 Å². The van der Waals surface area contributed by atoms with Crippen molar-refractivity contribution in [3.63, 3.8) is 0 Å². The molecule has 0 amide bonds. The van der Waals surface area contributed by atoms with Crippen LogP contribution in [0.1, 0.15) is 38.1 Å². The summed E-state index contributed by atoms with van der Waals surface area (Å²) in [5.41, 5.74) is 1.30. The fourth-order valence-electron chi connectivity index (χ4n) is 2.71. The molecule has 1 saturated heterocycles. The number of rotatable bonds is 4. The van der Waals surface area contributed by atoms with E-state index >= 15 is 0 Å². The largest absolute Gasteiger partial charge is 0.389 e. The van der Waals surface area contributed by atoms with Gasteiger partial charge in [-0.15, -0.1) is 0 Å². The van der Waals surface area contributed by atoms with Crippen LogP contribution in [-0.4, -0.2) is 45.5 Å². The Hall–Kier alpha value is -0.580. The second-order valence-electron chi connectivity index (χ2n) is 5.58. The number of aliphatic hydroxyl groups is 1. The lowest BCUT2D eigenvalue weighted by Gasteiger charge is -2.36. The molecular formula is C14H24ClN3O. The highest BCUT2D eigenvalue weighted by Crippen LogP contribution is 2.30. The van der Waals surface area contributed by atoms with Gasteiger partial charge in [-0.3, -0.25) is 4.68 Å². The number of likely N-dealkylation sites (tertiary alicyclic amines) is 1. The number of piperidine rings is 1. The molecule has 0 aromatic carbocycles. The maximum Gasteiger partial charge on any atom is 0.0850 e. The molecule has 1 fully saturated rings. The Bertz CT molecular complexity index is 436. The molecule has 1 N–H and O–H groups in total. The third-order valence-corrected chi connectivity index (χ3v) is 4.54. The van der Waals surface area contributed by atoms with Gasteiger partial charge in [0.05, 0.1) is 22.0 Å². The van der Waals surface area contributed by atoms with Crippen molar-refractivity contribution in [2.24, 2.45) is 0 Å². The Morgan fingerprint density at radius 2 is 1.95 bits per heavy atom. The minimum Gasteiger partial charge on any atom is -0.389 e. The van der Waals surface area contributed by atoms with Crippen molar-refractivity contribution in [3.8, 4) is 0 Å². The summed E-state index contributed by atoms with van der Waals surface area (Å²) >= 11 is 6.41. The summed E-state index contributed by atoms with van der Waals surface area (Å²) in [7, 11) is 2.10. The van der Waals surface area contributed by atoms with Gasteiger partial charge < -0.3 is 10.0 Å². The van der Waals surface area contributed by atoms with Crippen molar-refractivity contribution >= 4 is 11.6 Å². The fraction of sp³-hybridized carbons (Fsp3) is 0.786. The first-order valence-electron chi connectivity index (χ1n) is 7.14. The van der Waals surface area contributed by atoms with E-state index in [1.165, 1.54) is 0 Å². The van der Waals surface area contributed by atoms with E-state index in [1.54, 1.807) is 0 Å². The van der Waals surface area contributed by atoms with Crippen LogP contribution in [0.15, 0.2) is 0 Å². The van der Waals surface area contributed by atoms with E-state index in [-0.39, 0.29) is 0 Å². The molecule has 1 aliphatic rings. The normalized spacial score (nSPS) is 19.8. The highest BCUT2D eigenvalue weighted by molar-refractivity contribution is 6.31. The summed E-state index contributed by atoms with van der Waals surface area (Å²) in [5.74, 6) is 0. The summed E-state index contributed by atoms with van der Waals surface area (Å²) in [5, 5.41) is 16.0. The molecule has 0 bridgehead atoms. The monoisotopic (exact) mass is 285 g/mol. The first-order chi connectivity index (χ1) is 8.99. The predicted octanol–water partition coefficient (Wildman–Crippen LogP) is 2.12. The molecule has 1 aromatic heterocycles. The summed E-state index contributed by atoms with van der Waals surface area (Å²) in [6.07, 6.45) is 3.05. The van der Waals surface area contributed by atoms with Crippen molar-refractivity contribution in [2.75, 3.05) is 20.1 Å². The number of nitrogens with zero attached hydrogens (tertiary/aromatic N) is 3. The van der Waals surface area contributed by atoms with Crippen molar-refractivity contribution < 1.29 is 5.11 Å².